The Bertz CT molecular complexity index is 1090. The summed E-state index contributed by atoms with van der Waals surface area (Å²) in [5.74, 6) is 1.64. The number of methoxy groups -OCH3 is 1. The van der Waals surface area contributed by atoms with Crippen LogP contribution in [-0.2, 0) is 9.53 Å². The molecule has 1 atom stereocenters. The lowest BCUT2D eigenvalue weighted by atomic mass is 10.2. The number of ether oxygens (including phenoxy) is 3. The van der Waals surface area contributed by atoms with Crippen LogP contribution in [0, 0.1) is 0 Å². The topological polar surface area (TPSA) is 85.8 Å². The van der Waals surface area contributed by atoms with Crippen molar-refractivity contribution in [3.05, 3.63) is 47.2 Å². The van der Waals surface area contributed by atoms with Crippen molar-refractivity contribution in [3.63, 3.8) is 0 Å². The van der Waals surface area contributed by atoms with Gasteiger partial charge in [0.25, 0.3) is 0 Å². The van der Waals surface area contributed by atoms with Crippen molar-refractivity contribution in [1.82, 2.24) is 14.9 Å². The number of hydrogen-bond donors (Lipinski definition) is 1. The molecule has 1 aliphatic rings. The fourth-order valence-electron chi connectivity index (χ4n) is 3.50. The van der Waals surface area contributed by atoms with E-state index >= 15 is 0 Å². The second-order valence-electron chi connectivity index (χ2n) is 7.26. The number of halogens is 1. The van der Waals surface area contributed by atoms with E-state index in [9.17, 15) is 4.79 Å². The highest BCUT2D eigenvalue weighted by Gasteiger charge is 2.23. The first kappa shape index (κ1) is 21.3. The Labute approximate surface area is 188 Å². The Hall–Kier alpha value is -2.91. The predicted molar refractivity (Wildman–Crippen MR) is 121 cm³/mol. The summed E-state index contributed by atoms with van der Waals surface area (Å²) in [4.78, 5) is 22.4. The van der Waals surface area contributed by atoms with Gasteiger partial charge < -0.3 is 19.5 Å². The molecule has 0 radical (unpaired) electrons. The first-order valence-corrected chi connectivity index (χ1v) is 10.7. The van der Waals surface area contributed by atoms with E-state index in [-0.39, 0.29) is 18.6 Å². The number of esters is 1. The third-order valence-corrected chi connectivity index (χ3v) is 5.37. The van der Waals surface area contributed by atoms with Gasteiger partial charge in [-0.25, -0.2) is 9.97 Å². The number of fused-ring (bicyclic) bond motifs is 1. The first-order chi connectivity index (χ1) is 15.0. The fraction of sp³-hybridized carbons (Fsp3) is 0.318. The van der Waals surface area contributed by atoms with Crippen LogP contribution in [0.1, 0.15) is 6.92 Å². The number of rotatable bonds is 7. The zero-order chi connectivity index (χ0) is 21.8. The first-order valence-electron chi connectivity index (χ1n) is 9.92. The minimum Gasteiger partial charge on any atom is -0.493 e. The third-order valence-electron chi connectivity index (χ3n) is 4.87. The van der Waals surface area contributed by atoms with Crippen LogP contribution in [0.25, 0.3) is 10.9 Å². The quantitative estimate of drug-likeness (QED) is 0.505. The standard InChI is InChI=1S/C22H23BrN4O4/c1-14-11-27(12-21(28)31-14)6-7-30-20-9-17-18(10-19(20)29-2)24-13-25-22(17)26-16-5-3-4-15(23)8-16/h3-5,8-10,13-14H,6-7,11-12H2,1-2H3,(H,24,25,26). The Balaban J connectivity index is 1.54. The lowest BCUT2D eigenvalue weighted by molar-refractivity contribution is -0.157. The Kier molecular flexibility index (Phi) is 6.53. The summed E-state index contributed by atoms with van der Waals surface area (Å²) in [5, 5.41) is 4.15. The lowest BCUT2D eigenvalue weighted by Crippen LogP contribution is -2.45. The lowest BCUT2D eigenvalue weighted by Gasteiger charge is -2.29. The van der Waals surface area contributed by atoms with Gasteiger partial charge in [0.05, 0.1) is 19.2 Å². The molecule has 1 saturated heterocycles. The average molecular weight is 487 g/mol. The van der Waals surface area contributed by atoms with E-state index in [0.29, 0.717) is 37.0 Å². The molecule has 9 heteroatoms. The molecule has 31 heavy (non-hydrogen) atoms. The van der Waals surface area contributed by atoms with Crippen molar-refractivity contribution in [2.45, 2.75) is 13.0 Å². The van der Waals surface area contributed by atoms with Crippen LogP contribution in [0.5, 0.6) is 11.5 Å². The zero-order valence-corrected chi connectivity index (χ0v) is 18.9. The fourth-order valence-corrected chi connectivity index (χ4v) is 3.90. The van der Waals surface area contributed by atoms with Gasteiger partial charge in [-0.3, -0.25) is 9.69 Å². The van der Waals surface area contributed by atoms with Gasteiger partial charge in [-0.1, -0.05) is 22.0 Å². The number of benzene rings is 2. The van der Waals surface area contributed by atoms with Crippen molar-refractivity contribution >= 4 is 44.3 Å². The molecule has 1 N–H and O–H groups in total. The molecule has 0 spiro atoms. The summed E-state index contributed by atoms with van der Waals surface area (Å²) in [6.45, 7) is 3.87. The molecule has 1 aliphatic heterocycles. The maximum absolute atomic E-state index is 11.6. The molecule has 1 aromatic heterocycles. The largest absolute Gasteiger partial charge is 0.493 e. The molecule has 1 fully saturated rings. The van der Waals surface area contributed by atoms with E-state index in [0.717, 1.165) is 21.1 Å². The number of carbonyl (C=O) groups excluding carboxylic acids is 1. The van der Waals surface area contributed by atoms with E-state index < -0.39 is 0 Å². The molecule has 0 bridgehead atoms. The molecule has 162 valence electrons. The summed E-state index contributed by atoms with van der Waals surface area (Å²) in [7, 11) is 1.60. The summed E-state index contributed by atoms with van der Waals surface area (Å²) in [6.07, 6.45) is 1.40. The summed E-state index contributed by atoms with van der Waals surface area (Å²) < 4.78 is 17.7. The molecule has 3 aromatic rings. The second kappa shape index (κ2) is 9.49. The van der Waals surface area contributed by atoms with E-state index in [1.54, 1.807) is 7.11 Å². The number of morpholine rings is 1. The number of cyclic esters (lactones) is 1. The predicted octanol–water partition coefficient (Wildman–Crippen LogP) is 3.77. The summed E-state index contributed by atoms with van der Waals surface area (Å²) in [6, 6.07) is 11.6. The number of carbonyl (C=O) groups is 1. The van der Waals surface area contributed by atoms with Gasteiger partial charge in [0.1, 0.15) is 24.9 Å². The maximum atomic E-state index is 11.6. The summed E-state index contributed by atoms with van der Waals surface area (Å²) in [5.41, 5.74) is 1.64. The third kappa shape index (κ3) is 5.23. The number of anilines is 2. The average Bonchev–Trinajstić information content (AvgIpc) is 2.73. The van der Waals surface area contributed by atoms with Crippen LogP contribution < -0.4 is 14.8 Å². The zero-order valence-electron chi connectivity index (χ0n) is 17.3. The molecule has 0 aliphatic carbocycles. The molecular weight excluding hydrogens is 464 g/mol. The van der Waals surface area contributed by atoms with Crippen LogP contribution >= 0.6 is 15.9 Å². The molecule has 1 unspecified atom stereocenters. The van der Waals surface area contributed by atoms with Gasteiger partial charge in [0.2, 0.25) is 0 Å². The molecule has 0 saturated carbocycles. The number of nitrogens with zero attached hydrogens (tertiary/aromatic N) is 3. The van der Waals surface area contributed by atoms with E-state index in [1.807, 2.05) is 48.2 Å². The van der Waals surface area contributed by atoms with Crippen LogP contribution in [0.4, 0.5) is 11.5 Å². The van der Waals surface area contributed by atoms with Crippen LogP contribution in [0.3, 0.4) is 0 Å². The highest BCUT2D eigenvalue weighted by molar-refractivity contribution is 9.10. The van der Waals surface area contributed by atoms with E-state index in [4.69, 9.17) is 14.2 Å². The van der Waals surface area contributed by atoms with Gasteiger partial charge in [-0.2, -0.15) is 0 Å². The monoisotopic (exact) mass is 486 g/mol. The van der Waals surface area contributed by atoms with Crippen LogP contribution in [-0.4, -0.2) is 60.3 Å². The van der Waals surface area contributed by atoms with Gasteiger partial charge in [-0.05, 0) is 31.2 Å². The van der Waals surface area contributed by atoms with E-state index in [1.165, 1.54) is 6.33 Å². The van der Waals surface area contributed by atoms with Crippen molar-refractivity contribution < 1.29 is 19.0 Å². The molecule has 4 rings (SSSR count). The second-order valence-corrected chi connectivity index (χ2v) is 8.18. The number of aromatic nitrogens is 2. The highest BCUT2D eigenvalue weighted by Crippen LogP contribution is 2.35. The van der Waals surface area contributed by atoms with Crippen molar-refractivity contribution in [2.75, 3.05) is 38.7 Å². The van der Waals surface area contributed by atoms with Crippen LogP contribution in [0.15, 0.2) is 47.2 Å². The highest BCUT2D eigenvalue weighted by atomic mass is 79.9. The van der Waals surface area contributed by atoms with Gasteiger partial charge in [0, 0.05) is 34.7 Å². The SMILES string of the molecule is COc1cc2ncnc(Nc3cccc(Br)c3)c2cc1OCCN1CC(=O)OC(C)C1. The van der Waals surface area contributed by atoms with Gasteiger partial charge in [-0.15, -0.1) is 0 Å². The van der Waals surface area contributed by atoms with Crippen molar-refractivity contribution in [1.29, 1.82) is 0 Å². The maximum Gasteiger partial charge on any atom is 0.320 e. The molecule has 2 heterocycles. The van der Waals surface area contributed by atoms with Gasteiger partial charge >= 0.3 is 5.97 Å². The smallest absolute Gasteiger partial charge is 0.320 e. The van der Waals surface area contributed by atoms with Gasteiger partial charge in [0.15, 0.2) is 11.5 Å². The van der Waals surface area contributed by atoms with Crippen molar-refractivity contribution in [3.8, 4) is 11.5 Å². The number of nitrogens with one attached hydrogen (secondary N) is 1. The minimum absolute atomic E-state index is 0.111. The normalized spacial score (nSPS) is 16.7. The molecule has 2 aromatic carbocycles. The Morgan fingerprint density at radius 3 is 2.90 bits per heavy atom. The summed E-state index contributed by atoms with van der Waals surface area (Å²) >= 11 is 3.48. The Morgan fingerprint density at radius 2 is 2.13 bits per heavy atom. The molecular formula is C22H23BrN4O4. The van der Waals surface area contributed by atoms with Crippen LogP contribution in [0.2, 0.25) is 0 Å². The van der Waals surface area contributed by atoms with E-state index in [2.05, 4.69) is 31.2 Å². The molecule has 8 nitrogen and oxygen atoms in total. The minimum atomic E-state index is -0.206. The Morgan fingerprint density at radius 1 is 1.26 bits per heavy atom. The number of hydrogen-bond acceptors (Lipinski definition) is 8. The van der Waals surface area contributed by atoms with Crippen molar-refractivity contribution in [2.24, 2.45) is 0 Å². The molecule has 0 amide bonds.